The molecule has 33 heavy (non-hydrogen) atoms. The van der Waals surface area contributed by atoms with Crippen molar-refractivity contribution in [2.45, 2.75) is 24.1 Å². The molecule has 0 bridgehead atoms. The number of aromatic nitrogens is 2. The highest BCUT2D eigenvalue weighted by molar-refractivity contribution is 7.99. The van der Waals surface area contributed by atoms with Crippen molar-refractivity contribution < 1.29 is 13.6 Å². The molecule has 2 aromatic carbocycles. The molecule has 2 aromatic heterocycles. The summed E-state index contributed by atoms with van der Waals surface area (Å²) in [5.41, 5.74) is 2.80. The Morgan fingerprint density at radius 1 is 1.06 bits per heavy atom. The number of hydrogen-bond acceptors (Lipinski definition) is 7. The van der Waals surface area contributed by atoms with E-state index in [1.54, 1.807) is 12.3 Å². The molecular weight excluding hydrogens is 460 g/mol. The summed E-state index contributed by atoms with van der Waals surface area (Å²) in [6, 6.07) is 20.6. The highest BCUT2D eigenvalue weighted by Gasteiger charge is 2.35. The highest BCUT2D eigenvalue weighted by atomic mass is 35.5. The lowest BCUT2D eigenvalue weighted by Crippen LogP contribution is -2.28. The minimum Gasteiger partial charge on any atom is -0.467 e. The van der Waals surface area contributed by atoms with Gasteiger partial charge in [-0.25, -0.2) is 5.01 Å². The standard InChI is InChI=1S/C24H19ClN4O3S/c25-18-10-8-17(9-11-18)19-14-20(21-7-4-12-31-21)29(28-19)23(30)15-33-24-27-26-22(32-24)13-16-5-2-1-3-6-16/h1-12,20H,13-15H2/t20-/m1/s1. The second kappa shape index (κ2) is 9.64. The molecule has 166 valence electrons. The maximum atomic E-state index is 13.1. The van der Waals surface area contributed by atoms with Crippen LogP contribution in [0.2, 0.25) is 5.02 Å². The van der Waals surface area contributed by atoms with Crippen LogP contribution < -0.4 is 0 Å². The lowest BCUT2D eigenvalue weighted by molar-refractivity contribution is -0.130. The second-order valence-corrected chi connectivity index (χ2v) is 8.80. The number of hydrazone groups is 1. The summed E-state index contributed by atoms with van der Waals surface area (Å²) in [5, 5.41) is 15.2. The third-order valence-corrected chi connectivity index (χ3v) is 6.24. The fourth-order valence-electron chi connectivity index (χ4n) is 3.59. The fourth-order valence-corrected chi connectivity index (χ4v) is 4.35. The van der Waals surface area contributed by atoms with E-state index < -0.39 is 0 Å². The van der Waals surface area contributed by atoms with Crippen molar-refractivity contribution in [2.75, 3.05) is 5.75 Å². The van der Waals surface area contributed by atoms with Crippen LogP contribution in [-0.4, -0.2) is 32.6 Å². The third kappa shape index (κ3) is 5.02. The molecule has 7 nitrogen and oxygen atoms in total. The number of amides is 1. The molecule has 9 heteroatoms. The highest BCUT2D eigenvalue weighted by Crippen LogP contribution is 2.34. The number of carbonyl (C=O) groups excluding carboxylic acids is 1. The predicted octanol–water partition coefficient (Wildman–Crippen LogP) is 5.38. The molecule has 1 amide bonds. The minimum atomic E-state index is -0.310. The van der Waals surface area contributed by atoms with Crippen LogP contribution in [0, 0.1) is 0 Å². The van der Waals surface area contributed by atoms with E-state index in [1.807, 2.05) is 60.7 Å². The molecule has 0 fully saturated rings. The first-order chi connectivity index (χ1) is 16.2. The Kier molecular flexibility index (Phi) is 6.28. The van der Waals surface area contributed by atoms with Gasteiger partial charge in [0.05, 0.1) is 24.1 Å². The fraction of sp³-hybridized carbons (Fsp3) is 0.167. The molecule has 1 atom stereocenters. The van der Waals surface area contributed by atoms with Crippen molar-refractivity contribution in [1.82, 2.24) is 15.2 Å². The summed E-state index contributed by atoms with van der Waals surface area (Å²) in [6.45, 7) is 0. The van der Waals surface area contributed by atoms with Crippen LogP contribution in [0.3, 0.4) is 0 Å². The molecule has 0 saturated heterocycles. The molecule has 0 saturated carbocycles. The van der Waals surface area contributed by atoms with Crippen molar-refractivity contribution in [3.05, 3.63) is 101 Å². The number of carbonyl (C=O) groups is 1. The van der Waals surface area contributed by atoms with Gasteiger partial charge in [0.2, 0.25) is 5.89 Å². The van der Waals surface area contributed by atoms with Gasteiger partial charge in [-0.05, 0) is 35.4 Å². The zero-order chi connectivity index (χ0) is 22.6. The van der Waals surface area contributed by atoms with Crippen molar-refractivity contribution in [2.24, 2.45) is 5.10 Å². The van der Waals surface area contributed by atoms with Crippen LogP contribution >= 0.6 is 23.4 Å². The average Bonchev–Trinajstić information content (AvgIpc) is 3.59. The number of thioether (sulfide) groups is 1. The minimum absolute atomic E-state index is 0.113. The Labute approximate surface area is 199 Å². The summed E-state index contributed by atoms with van der Waals surface area (Å²) < 4.78 is 11.3. The third-order valence-electron chi connectivity index (χ3n) is 5.18. The average molecular weight is 479 g/mol. The van der Waals surface area contributed by atoms with Gasteiger partial charge >= 0.3 is 0 Å². The molecule has 1 aliphatic heterocycles. The molecular formula is C24H19ClN4O3S. The van der Waals surface area contributed by atoms with Crippen LogP contribution in [0.15, 0.2) is 92.2 Å². The SMILES string of the molecule is O=C(CSc1nnc(Cc2ccccc2)o1)N1N=C(c2ccc(Cl)cc2)C[C@@H]1c1ccco1. The molecule has 1 aliphatic rings. The Bertz CT molecular complexity index is 1260. The van der Waals surface area contributed by atoms with Crippen LogP contribution in [-0.2, 0) is 11.2 Å². The van der Waals surface area contributed by atoms with E-state index in [4.69, 9.17) is 20.4 Å². The van der Waals surface area contributed by atoms with E-state index in [-0.39, 0.29) is 17.7 Å². The summed E-state index contributed by atoms with van der Waals surface area (Å²) in [4.78, 5) is 13.1. The van der Waals surface area contributed by atoms with Crippen LogP contribution in [0.5, 0.6) is 0 Å². The van der Waals surface area contributed by atoms with Gasteiger partial charge in [0, 0.05) is 11.4 Å². The first-order valence-corrected chi connectivity index (χ1v) is 11.7. The van der Waals surface area contributed by atoms with Crippen molar-refractivity contribution >= 4 is 35.0 Å². The van der Waals surface area contributed by atoms with E-state index in [2.05, 4.69) is 15.3 Å². The monoisotopic (exact) mass is 478 g/mol. The zero-order valence-electron chi connectivity index (χ0n) is 17.4. The Morgan fingerprint density at radius 3 is 2.64 bits per heavy atom. The van der Waals surface area contributed by atoms with Gasteiger partial charge < -0.3 is 8.83 Å². The lowest BCUT2D eigenvalue weighted by atomic mass is 10.0. The van der Waals surface area contributed by atoms with E-state index in [0.717, 1.165) is 16.8 Å². The lowest BCUT2D eigenvalue weighted by Gasteiger charge is -2.19. The van der Waals surface area contributed by atoms with Crippen LogP contribution in [0.25, 0.3) is 0 Å². The van der Waals surface area contributed by atoms with Gasteiger partial charge in [0.25, 0.3) is 11.1 Å². The van der Waals surface area contributed by atoms with Crippen LogP contribution in [0.4, 0.5) is 0 Å². The van der Waals surface area contributed by atoms with E-state index in [0.29, 0.717) is 34.7 Å². The van der Waals surface area contributed by atoms with Gasteiger partial charge in [-0.3, -0.25) is 4.79 Å². The van der Waals surface area contributed by atoms with Gasteiger partial charge in [-0.1, -0.05) is 65.8 Å². The summed E-state index contributed by atoms with van der Waals surface area (Å²) in [7, 11) is 0. The van der Waals surface area contributed by atoms with Gasteiger partial charge in [0.1, 0.15) is 11.8 Å². The molecule has 0 aliphatic carbocycles. The number of rotatable bonds is 7. The van der Waals surface area contributed by atoms with E-state index in [1.165, 1.54) is 16.8 Å². The number of halogens is 1. The first-order valence-electron chi connectivity index (χ1n) is 10.3. The molecule has 5 rings (SSSR count). The number of hydrogen-bond donors (Lipinski definition) is 0. The van der Waals surface area contributed by atoms with Crippen molar-refractivity contribution in [3.8, 4) is 0 Å². The van der Waals surface area contributed by atoms with Gasteiger partial charge in [0.15, 0.2) is 0 Å². The maximum absolute atomic E-state index is 13.1. The van der Waals surface area contributed by atoms with Crippen molar-refractivity contribution in [1.29, 1.82) is 0 Å². The van der Waals surface area contributed by atoms with E-state index in [9.17, 15) is 4.79 Å². The largest absolute Gasteiger partial charge is 0.467 e. The first kappa shape index (κ1) is 21.5. The number of nitrogens with zero attached hydrogens (tertiary/aromatic N) is 4. The van der Waals surface area contributed by atoms with Crippen LogP contribution in [0.1, 0.15) is 35.2 Å². The second-order valence-electron chi connectivity index (χ2n) is 7.44. The Balaban J connectivity index is 1.28. The Morgan fingerprint density at radius 2 is 1.88 bits per heavy atom. The summed E-state index contributed by atoms with van der Waals surface area (Å²) >= 11 is 7.21. The van der Waals surface area contributed by atoms with Gasteiger partial charge in [-0.2, -0.15) is 5.10 Å². The van der Waals surface area contributed by atoms with Crippen molar-refractivity contribution in [3.63, 3.8) is 0 Å². The number of furan rings is 1. The molecule has 3 heterocycles. The van der Waals surface area contributed by atoms with E-state index >= 15 is 0 Å². The molecule has 0 spiro atoms. The molecule has 0 N–H and O–H groups in total. The van der Waals surface area contributed by atoms with Gasteiger partial charge in [-0.15, -0.1) is 10.2 Å². The predicted molar refractivity (Wildman–Crippen MR) is 125 cm³/mol. The summed E-state index contributed by atoms with van der Waals surface area (Å²) in [6.07, 6.45) is 2.69. The normalized spacial score (nSPS) is 15.6. The number of benzene rings is 2. The zero-order valence-corrected chi connectivity index (χ0v) is 19.0. The topological polar surface area (TPSA) is 84.7 Å². The smallest absolute Gasteiger partial charge is 0.277 e. The summed E-state index contributed by atoms with van der Waals surface area (Å²) in [5.74, 6) is 1.13. The maximum Gasteiger partial charge on any atom is 0.277 e. The molecule has 0 radical (unpaired) electrons. The molecule has 0 unspecified atom stereocenters. The molecule has 4 aromatic rings. The Hall–Kier alpha value is -3.36. The quantitative estimate of drug-likeness (QED) is 0.332.